The van der Waals surface area contributed by atoms with Crippen molar-refractivity contribution in [3.8, 4) is 0 Å². The van der Waals surface area contributed by atoms with E-state index in [2.05, 4.69) is 125 Å². The number of esters is 1. The van der Waals surface area contributed by atoms with Gasteiger partial charge in [0.05, 0.1) is 29.1 Å². The normalized spacial score (nSPS) is 12.8. The molecule has 74 heavy (non-hydrogen) atoms. The Morgan fingerprint density at radius 2 is 0.959 bits per heavy atom. The first-order valence-electron chi connectivity index (χ1n) is 25.2. The van der Waals surface area contributed by atoms with Crippen LogP contribution in [0.3, 0.4) is 0 Å². The summed E-state index contributed by atoms with van der Waals surface area (Å²) in [6.07, 6.45) is 4.19. The summed E-state index contributed by atoms with van der Waals surface area (Å²) in [5.74, 6) is -0.911. The highest BCUT2D eigenvalue weighted by molar-refractivity contribution is 8.00. The molecule has 0 radical (unpaired) electrons. The molecule has 3 atom stereocenters. The van der Waals surface area contributed by atoms with Crippen molar-refractivity contribution in [3.63, 3.8) is 0 Å². The van der Waals surface area contributed by atoms with Gasteiger partial charge in [0.15, 0.2) is 0 Å². The van der Waals surface area contributed by atoms with Gasteiger partial charge in [-0.2, -0.15) is 0 Å². The molecule has 0 saturated carbocycles. The Morgan fingerprint density at radius 1 is 0.541 bits per heavy atom. The minimum atomic E-state index is -1.11. The molecule has 0 fully saturated rings. The first-order chi connectivity index (χ1) is 36.2. The summed E-state index contributed by atoms with van der Waals surface area (Å²) in [6, 6.07) is 69.0. The number of nitrogens with one attached hydrogen (secondary N) is 3. The number of aliphatic hydroxyl groups excluding tert-OH is 1. The zero-order chi connectivity index (χ0) is 51.9. The number of thioether (sulfide) groups is 2. The topological polar surface area (TPSA) is 134 Å². The highest BCUT2D eigenvalue weighted by Gasteiger charge is 2.40. The molecule has 11 heteroatoms. The lowest BCUT2D eigenvalue weighted by Gasteiger charge is -2.36. The fourth-order valence-electron chi connectivity index (χ4n) is 9.14. The number of carbonyl (C=O) groups excluding carboxylic acids is 4. The molecule has 3 amide bonds. The Labute approximate surface area is 444 Å². The molecular weight excluding hydrogens is 959 g/mol. The maximum absolute atomic E-state index is 14.7. The fraction of sp³-hybridized carbons (Fsp3) is 0.238. The number of ether oxygens (including phenoxy) is 1. The summed E-state index contributed by atoms with van der Waals surface area (Å²) in [4.78, 5) is 54.7. The van der Waals surface area contributed by atoms with Crippen molar-refractivity contribution in [2.24, 2.45) is 0 Å². The van der Waals surface area contributed by atoms with Crippen molar-refractivity contribution >= 4 is 47.2 Å². The van der Waals surface area contributed by atoms with Crippen LogP contribution in [0.15, 0.2) is 224 Å². The molecule has 0 aliphatic carbocycles. The highest BCUT2D eigenvalue weighted by atomic mass is 32.2. The van der Waals surface area contributed by atoms with E-state index in [0.29, 0.717) is 19.3 Å². The minimum absolute atomic E-state index is 0.143. The van der Waals surface area contributed by atoms with Gasteiger partial charge in [0.25, 0.3) is 0 Å². The van der Waals surface area contributed by atoms with Gasteiger partial charge in [-0.05, 0) is 64.0 Å². The van der Waals surface area contributed by atoms with Gasteiger partial charge in [-0.15, -0.1) is 23.5 Å². The Bertz CT molecular complexity index is 2630. The molecule has 0 aliphatic rings. The summed E-state index contributed by atoms with van der Waals surface area (Å²) in [5.41, 5.74) is 7.28. The molecule has 0 unspecified atom stereocenters. The largest absolute Gasteiger partial charge is 0.469 e. The molecule has 0 bridgehead atoms. The summed E-state index contributed by atoms with van der Waals surface area (Å²) < 4.78 is 3.52. The van der Waals surface area contributed by atoms with Crippen molar-refractivity contribution in [1.82, 2.24) is 16.0 Å². The summed E-state index contributed by atoms with van der Waals surface area (Å²) in [6.45, 7) is 0.274. The summed E-state index contributed by atoms with van der Waals surface area (Å²) in [5, 5.41) is 20.2. The van der Waals surface area contributed by atoms with Crippen LogP contribution >= 0.6 is 23.5 Å². The van der Waals surface area contributed by atoms with E-state index in [1.54, 1.807) is 6.08 Å². The van der Waals surface area contributed by atoms with E-state index in [1.807, 2.05) is 121 Å². The number of allylic oxidation sites excluding steroid dienone is 1. The molecular formula is C63H65N3O6S2. The van der Waals surface area contributed by atoms with E-state index in [9.17, 15) is 24.3 Å². The predicted molar refractivity (Wildman–Crippen MR) is 301 cm³/mol. The lowest BCUT2D eigenvalue weighted by atomic mass is 9.84. The maximum atomic E-state index is 14.7. The van der Waals surface area contributed by atoms with Crippen molar-refractivity contribution in [1.29, 1.82) is 0 Å². The van der Waals surface area contributed by atoms with E-state index in [0.717, 1.165) is 44.7 Å². The van der Waals surface area contributed by atoms with Gasteiger partial charge in [0.2, 0.25) is 17.7 Å². The summed E-state index contributed by atoms with van der Waals surface area (Å²) >= 11 is 3.36. The van der Waals surface area contributed by atoms with Gasteiger partial charge in [0.1, 0.15) is 12.1 Å². The van der Waals surface area contributed by atoms with Crippen molar-refractivity contribution in [2.45, 2.75) is 66.2 Å². The van der Waals surface area contributed by atoms with Crippen LogP contribution in [0.25, 0.3) is 0 Å². The zero-order valence-corrected chi connectivity index (χ0v) is 43.4. The third-order valence-electron chi connectivity index (χ3n) is 12.8. The predicted octanol–water partition coefficient (Wildman–Crippen LogP) is 10.8. The number of rotatable bonds is 27. The van der Waals surface area contributed by atoms with E-state index >= 15 is 0 Å². The quantitative estimate of drug-likeness (QED) is 0.0173. The number of methoxy groups -OCH3 is 1. The fourth-order valence-corrected chi connectivity index (χ4v) is 12.2. The van der Waals surface area contributed by atoms with Gasteiger partial charge in [-0.1, -0.05) is 224 Å². The van der Waals surface area contributed by atoms with Crippen molar-refractivity contribution in [2.75, 3.05) is 25.2 Å². The second kappa shape index (κ2) is 28.3. The van der Waals surface area contributed by atoms with Gasteiger partial charge < -0.3 is 25.8 Å². The van der Waals surface area contributed by atoms with Crippen LogP contribution in [0.4, 0.5) is 0 Å². The molecule has 4 N–H and O–H groups in total. The minimum Gasteiger partial charge on any atom is -0.469 e. The number of unbranched alkanes of at least 4 members (excludes halogenated alkanes) is 1. The van der Waals surface area contributed by atoms with Crippen LogP contribution in [-0.4, -0.2) is 72.1 Å². The summed E-state index contributed by atoms with van der Waals surface area (Å²) in [7, 11) is 1.35. The molecule has 0 heterocycles. The van der Waals surface area contributed by atoms with E-state index in [4.69, 9.17) is 4.74 Å². The first-order valence-corrected chi connectivity index (χ1v) is 27.1. The molecule has 0 spiro atoms. The average Bonchev–Trinajstić information content (AvgIpc) is 3.46. The van der Waals surface area contributed by atoms with Crippen molar-refractivity contribution < 1.29 is 29.0 Å². The van der Waals surface area contributed by atoms with E-state index in [1.165, 1.54) is 18.9 Å². The SMILES string of the molecule is COC(=O)CCCCNC(=O)[C@@H](CSC(c1ccccc1)(c1ccccc1)c1ccccc1)NC(=O)[C@@H](Cc1ccccc1)NC(=O)C[C@H](O)C=CCCSC(c1ccccc1)(c1ccccc1)c1ccccc1. The zero-order valence-electron chi connectivity index (χ0n) is 41.8. The number of aliphatic hydroxyl groups is 1. The first kappa shape index (κ1) is 54.6. The van der Waals surface area contributed by atoms with Crippen LogP contribution in [0.2, 0.25) is 0 Å². The van der Waals surface area contributed by atoms with Gasteiger partial charge in [-0.3, -0.25) is 19.2 Å². The van der Waals surface area contributed by atoms with Gasteiger partial charge in [0, 0.05) is 25.1 Å². The molecule has 7 rings (SSSR count). The van der Waals surface area contributed by atoms with Crippen LogP contribution in [-0.2, 0) is 39.8 Å². The van der Waals surface area contributed by atoms with Gasteiger partial charge >= 0.3 is 5.97 Å². The molecule has 380 valence electrons. The smallest absolute Gasteiger partial charge is 0.305 e. The molecule has 7 aromatic carbocycles. The standard InChI is InChI=1S/C63H65N3O6S2/c1-72-59(69)42-23-25-43-64-60(70)57(47-74-63(52-35-17-6-18-36-52,53-37-19-7-20-38-53)54-39-21-8-22-40-54)66-61(71)56(45-48-27-9-2-10-28-48)65-58(68)46-55(67)41-24-26-44-73-62(49-29-11-3-12-30-49,50-31-13-4-14-32-50)51-33-15-5-16-34-51/h2-22,24,27-41,55-57,67H,23,25-26,42-47H2,1H3,(H,64,70)(H,65,68)(H,66,71)/t55-,56-,57-/m1/s1. The van der Waals surface area contributed by atoms with Crippen LogP contribution in [0.5, 0.6) is 0 Å². The number of hydrogen-bond donors (Lipinski definition) is 4. The Kier molecular flexibility index (Phi) is 20.9. The third kappa shape index (κ3) is 14.7. The highest BCUT2D eigenvalue weighted by Crippen LogP contribution is 2.50. The average molecular weight is 1020 g/mol. The Hall–Kier alpha value is -7.18. The lowest BCUT2D eigenvalue weighted by molar-refractivity contribution is -0.140. The monoisotopic (exact) mass is 1020 g/mol. The Morgan fingerprint density at radius 3 is 1.39 bits per heavy atom. The Balaban J connectivity index is 1.08. The second-order valence-corrected chi connectivity index (χ2v) is 20.4. The van der Waals surface area contributed by atoms with Crippen LogP contribution < -0.4 is 16.0 Å². The molecule has 7 aromatic rings. The number of benzene rings is 7. The third-order valence-corrected chi connectivity index (χ3v) is 16.0. The number of hydrogen-bond acceptors (Lipinski definition) is 8. The number of carbonyl (C=O) groups is 4. The molecule has 0 aromatic heterocycles. The van der Waals surface area contributed by atoms with E-state index < -0.39 is 45.4 Å². The maximum Gasteiger partial charge on any atom is 0.305 e. The van der Waals surface area contributed by atoms with Crippen LogP contribution in [0.1, 0.15) is 71.0 Å². The molecule has 0 aliphatic heterocycles. The van der Waals surface area contributed by atoms with Gasteiger partial charge in [-0.25, -0.2) is 0 Å². The lowest BCUT2D eigenvalue weighted by Crippen LogP contribution is -2.55. The van der Waals surface area contributed by atoms with E-state index in [-0.39, 0.29) is 37.5 Å². The second-order valence-electron chi connectivity index (χ2n) is 17.9. The molecule has 0 saturated heterocycles. The van der Waals surface area contributed by atoms with Crippen molar-refractivity contribution in [3.05, 3.63) is 263 Å². The molecule has 9 nitrogen and oxygen atoms in total. The number of amides is 3. The van der Waals surface area contributed by atoms with Crippen LogP contribution in [0, 0.1) is 0 Å².